The number of aliphatic hydroxyl groups is 1. The van der Waals surface area contributed by atoms with Crippen LogP contribution in [-0.4, -0.2) is 22.1 Å². The summed E-state index contributed by atoms with van der Waals surface area (Å²) in [4.78, 5) is 25.9. The molecule has 0 fully saturated rings. The second-order valence-corrected chi connectivity index (χ2v) is 6.33. The molecule has 1 heterocycles. The minimum Gasteiger partial charge on any atom is -0.506 e. The Morgan fingerprint density at radius 3 is 2.31 bits per heavy atom. The second kappa shape index (κ2) is 6.43. The Hall–Kier alpha value is -2.91. The fourth-order valence-corrected chi connectivity index (χ4v) is 3.39. The molecule has 1 aliphatic carbocycles. The molecule has 130 valence electrons. The van der Waals surface area contributed by atoms with Crippen LogP contribution in [0.1, 0.15) is 21.5 Å². The molecule has 3 N–H and O–H groups in total. The van der Waals surface area contributed by atoms with E-state index in [1.165, 1.54) is 0 Å². The van der Waals surface area contributed by atoms with Crippen molar-refractivity contribution >= 4 is 35.2 Å². The molecule has 2 aromatic rings. The molecule has 26 heavy (non-hydrogen) atoms. The average Bonchev–Trinajstić information content (AvgIpc) is 3.02. The number of hydrogen-bond donors (Lipinski definition) is 3. The monoisotopic (exact) mass is 369 g/mol. The van der Waals surface area contributed by atoms with E-state index in [1.54, 1.807) is 48.5 Å². The maximum Gasteiger partial charge on any atom is 0.260 e. The highest BCUT2D eigenvalue weighted by molar-refractivity contribution is 7.94. The zero-order valence-corrected chi connectivity index (χ0v) is 13.9. The number of carbonyl (C=O) groups excluding carboxylic acids is 2. The number of aliphatic hydroxyl groups excluding tert-OH is 1. The SMILES string of the molecule is O=C1NC(c2ccc(SOOO)cc2)=C2C(=O)c3ccccc3C(O)=C12. The lowest BCUT2D eigenvalue weighted by molar-refractivity contribution is -0.432. The van der Waals surface area contributed by atoms with Crippen molar-refractivity contribution in [2.24, 2.45) is 0 Å². The van der Waals surface area contributed by atoms with Crippen molar-refractivity contribution in [3.8, 4) is 0 Å². The molecule has 2 aromatic carbocycles. The van der Waals surface area contributed by atoms with Gasteiger partial charge in [-0.1, -0.05) is 41.4 Å². The van der Waals surface area contributed by atoms with Gasteiger partial charge in [-0.2, -0.15) is 0 Å². The number of ketones is 1. The van der Waals surface area contributed by atoms with Gasteiger partial charge in [-0.15, -0.1) is 4.33 Å². The molecule has 0 spiro atoms. The van der Waals surface area contributed by atoms with Gasteiger partial charge in [0.05, 0.1) is 28.9 Å². The first-order valence-electron chi connectivity index (χ1n) is 7.50. The van der Waals surface area contributed by atoms with E-state index in [0.29, 0.717) is 27.3 Å². The zero-order chi connectivity index (χ0) is 18.3. The van der Waals surface area contributed by atoms with Crippen LogP contribution < -0.4 is 5.32 Å². The van der Waals surface area contributed by atoms with Gasteiger partial charge >= 0.3 is 0 Å². The first-order valence-corrected chi connectivity index (χ1v) is 8.24. The number of Topliss-reactive ketones (excluding diaryl/α,β-unsaturated/α-hetero) is 1. The van der Waals surface area contributed by atoms with E-state index < -0.39 is 5.91 Å². The Labute approximate surface area is 151 Å². The standard InChI is InChI=1S/C18H11NO6S/c20-16-11-3-1-2-4-12(11)17(21)14-13(16)15(19-18(14)22)9-5-7-10(8-6-9)26-25-24-23/h1-8,21,23H,(H,19,22). The van der Waals surface area contributed by atoms with Gasteiger partial charge in [0, 0.05) is 16.0 Å². The molecule has 0 aromatic heterocycles. The van der Waals surface area contributed by atoms with Crippen molar-refractivity contribution in [1.29, 1.82) is 0 Å². The van der Waals surface area contributed by atoms with Gasteiger partial charge in [-0.3, -0.25) is 9.59 Å². The van der Waals surface area contributed by atoms with E-state index in [4.69, 9.17) is 5.26 Å². The molecule has 2 aliphatic rings. The summed E-state index contributed by atoms with van der Waals surface area (Å²) >= 11 is 0.795. The lowest BCUT2D eigenvalue weighted by atomic mass is 9.85. The lowest BCUT2D eigenvalue weighted by Crippen LogP contribution is -2.19. The van der Waals surface area contributed by atoms with Gasteiger partial charge in [0.25, 0.3) is 5.91 Å². The highest BCUT2D eigenvalue weighted by Crippen LogP contribution is 2.40. The number of nitrogens with one attached hydrogen (secondary N) is 1. The van der Waals surface area contributed by atoms with Gasteiger partial charge in [0.1, 0.15) is 5.76 Å². The van der Waals surface area contributed by atoms with Crippen LogP contribution in [-0.2, 0) is 14.2 Å². The Morgan fingerprint density at radius 2 is 1.62 bits per heavy atom. The van der Waals surface area contributed by atoms with E-state index in [9.17, 15) is 14.7 Å². The van der Waals surface area contributed by atoms with E-state index in [0.717, 1.165) is 12.0 Å². The van der Waals surface area contributed by atoms with Crippen molar-refractivity contribution in [1.82, 2.24) is 5.32 Å². The minimum absolute atomic E-state index is 0.0147. The summed E-state index contributed by atoms with van der Waals surface area (Å²) in [6.45, 7) is 0. The quantitative estimate of drug-likeness (QED) is 0.432. The summed E-state index contributed by atoms with van der Waals surface area (Å²) in [5, 5.41) is 24.9. The van der Waals surface area contributed by atoms with Gasteiger partial charge < -0.3 is 10.4 Å². The fourth-order valence-electron chi connectivity index (χ4n) is 3.04. The molecular weight excluding hydrogens is 358 g/mol. The van der Waals surface area contributed by atoms with E-state index >= 15 is 0 Å². The van der Waals surface area contributed by atoms with Crippen LogP contribution >= 0.6 is 12.0 Å². The summed E-state index contributed by atoms with van der Waals surface area (Å²) in [5.41, 5.74) is 1.77. The highest BCUT2D eigenvalue weighted by atomic mass is 32.2. The molecule has 1 aliphatic heterocycles. The number of hydrogen-bond acceptors (Lipinski definition) is 7. The van der Waals surface area contributed by atoms with Crippen LogP contribution in [0.3, 0.4) is 0 Å². The Balaban J connectivity index is 1.82. The largest absolute Gasteiger partial charge is 0.506 e. The topological polar surface area (TPSA) is 105 Å². The van der Waals surface area contributed by atoms with Gasteiger partial charge in [-0.05, 0) is 17.7 Å². The predicted molar refractivity (Wildman–Crippen MR) is 92.5 cm³/mol. The van der Waals surface area contributed by atoms with Crippen molar-refractivity contribution in [3.63, 3.8) is 0 Å². The molecule has 0 bridgehead atoms. The third kappa shape index (κ3) is 2.52. The first-order chi connectivity index (χ1) is 12.6. The smallest absolute Gasteiger partial charge is 0.260 e. The molecule has 8 heteroatoms. The van der Waals surface area contributed by atoms with Gasteiger partial charge in [0.2, 0.25) is 0 Å². The van der Waals surface area contributed by atoms with Crippen molar-refractivity contribution in [2.75, 3.05) is 0 Å². The van der Waals surface area contributed by atoms with Crippen LogP contribution in [0, 0.1) is 0 Å². The van der Waals surface area contributed by atoms with Crippen LogP contribution in [0.5, 0.6) is 0 Å². The maximum absolute atomic E-state index is 12.9. The molecule has 4 rings (SSSR count). The third-order valence-electron chi connectivity index (χ3n) is 4.16. The van der Waals surface area contributed by atoms with Gasteiger partial charge in [-0.25, -0.2) is 5.26 Å². The van der Waals surface area contributed by atoms with Crippen LogP contribution in [0.25, 0.3) is 11.5 Å². The Bertz CT molecular complexity index is 993. The van der Waals surface area contributed by atoms with Gasteiger partial charge in [0.15, 0.2) is 5.78 Å². The van der Waals surface area contributed by atoms with Crippen LogP contribution in [0.2, 0.25) is 0 Å². The zero-order valence-electron chi connectivity index (χ0n) is 13.1. The second-order valence-electron chi connectivity index (χ2n) is 5.55. The number of carbonyl (C=O) groups is 2. The van der Waals surface area contributed by atoms with Crippen molar-refractivity contribution < 1.29 is 29.3 Å². The van der Waals surface area contributed by atoms with Crippen molar-refractivity contribution in [2.45, 2.75) is 4.90 Å². The highest BCUT2D eigenvalue weighted by Gasteiger charge is 2.40. The summed E-state index contributed by atoms with van der Waals surface area (Å²) in [7, 11) is 0. The molecule has 0 atom stereocenters. The number of rotatable bonds is 4. The first kappa shape index (κ1) is 16.6. The van der Waals surface area contributed by atoms with E-state index in [1.807, 2.05) is 0 Å². The summed E-state index contributed by atoms with van der Waals surface area (Å²) in [6, 6.07) is 13.3. The van der Waals surface area contributed by atoms with Crippen molar-refractivity contribution in [3.05, 3.63) is 76.4 Å². The fraction of sp³-hybridized carbons (Fsp3) is 0. The lowest BCUT2D eigenvalue weighted by Gasteiger charge is -2.17. The number of fused-ring (bicyclic) bond motifs is 2. The molecule has 0 unspecified atom stereocenters. The summed E-state index contributed by atoms with van der Waals surface area (Å²) in [6.07, 6.45) is 0. The summed E-state index contributed by atoms with van der Waals surface area (Å²) in [5.74, 6) is -1.05. The number of benzene rings is 2. The summed E-state index contributed by atoms with van der Waals surface area (Å²) < 4.78 is 4.35. The third-order valence-corrected chi connectivity index (χ3v) is 4.75. The molecule has 0 radical (unpaired) electrons. The molecule has 1 amide bonds. The average molecular weight is 369 g/mol. The Morgan fingerprint density at radius 1 is 0.923 bits per heavy atom. The molecular formula is C18H11NO6S. The minimum atomic E-state index is -0.522. The van der Waals surface area contributed by atoms with Crippen LogP contribution in [0.15, 0.2) is 64.6 Å². The maximum atomic E-state index is 12.9. The normalized spacial score (nSPS) is 15.9. The number of amides is 1. The van der Waals surface area contributed by atoms with Crippen LogP contribution in [0.4, 0.5) is 0 Å². The molecule has 0 saturated heterocycles. The molecule has 7 nitrogen and oxygen atoms in total. The van der Waals surface area contributed by atoms with E-state index in [-0.39, 0.29) is 22.7 Å². The molecule has 0 saturated carbocycles. The Kier molecular flexibility index (Phi) is 4.09. The van der Waals surface area contributed by atoms with E-state index in [2.05, 4.69) is 14.7 Å². The predicted octanol–water partition coefficient (Wildman–Crippen LogP) is 3.12.